The van der Waals surface area contributed by atoms with Crippen LogP contribution in [0, 0.1) is 11.3 Å². The van der Waals surface area contributed by atoms with Gasteiger partial charge >= 0.3 is 0 Å². The summed E-state index contributed by atoms with van der Waals surface area (Å²) in [6.07, 6.45) is -1.91. The average molecular weight is 295 g/mol. The second-order valence-electron chi connectivity index (χ2n) is 5.59. The van der Waals surface area contributed by atoms with Crippen molar-refractivity contribution < 1.29 is 8.78 Å². The van der Waals surface area contributed by atoms with Crippen LogP contribution < -0.4 is 5.32 Å². The van der Waals surface area contributed by atoms with Gasteiger partial charge in [-0.3, -0.25) is 5.32 Å². The number of hydrogen-bond acceptors (Lipinski definition) is 3. The largest absolute Gasteiger partial charge is 0.301 e. The lowest BCUT2D eigenvalue weighted by molar-refractivity contribution is 0.0964. The van der Waals surface area contributed by atoms with Crippen LogP contribution in [0.15, 0.2) is 30.3 Å². The van der Waals surface area contributed by atoms with E-state index in [2.05, 4.69) is 11.4 Å². The van der Waals surface area contributed by atoms with Crippen LogP contribution >= 0.6 is 0 Å². The van der Waals surface area contributed by atoms with Gasteiger partial charge in [0, 0.05) is 12.6 Å². The SMILES string of the molecule is CC(C)NC(C#N)(CCN(C)CC(F)F)c1ccccc1. The van der Waals surface area contributed by atoms with E-state index in [0.717, 1.165) is 5.56 Å². The molecule has 0 bridgehead atoms. The Hall–Kier alpha value is -1.51. The zero-order chi connectivity index (χ0) is 15.9. The summed E-state index contributed by atoms with van der Waals surface area (Å²) in [7, 11) is 1.65. The molecule has 21 heavy (non-hydrogen) atoms. The molecule has 1 N–H and O–H groups in total. The molecule has 1 unspecified atom stereocenters. The van der Waals surface area contributed by atoms with Gasteiger partial charge in [0.1, 0.15) is 5.54 Å². The topological polar surface area (TPSA) is 39.1 Å². The Morgan fingerprint density at radius 2 is 1.90 bits per heavy atom. The van der Waals surface area contributed by atoms with Gasteiger partial charge in [-0.05, 0) is 32.9 Å². The van der Waals surface area contributed by atoms with E-state index >= 15 is 0 Å². The van der Waals surface area contributed by atoms with Crippen molar-refractivity contribution in [3.63, 3.8) is 0 Å². The molecular weight excluding hydrogens is 272 g/mol. The van der Waals surface area contributed by atoms with Gasteiger partial charge in [-0.15, -0.1) is 0 Å². The van der Waals surface area contributed by atoms with Gasteiger partial charge < -0.3 is 4.90 Å². The highest BCUT2D eigenvalue weighted by atomic mass is 19.3. The highest BCUT2D eigenvalue weighted by Crippen LogP contribution is 2.25. The maximum atomic E-state index is 12.4. The van der Waals surface area contributed by atoms with Crippen LogP contribution in [0.5, 0.6) is 0 Å². The van der Waals surface area contributed by atoms with Gasteiger partial charge in [0.05, 0.1) is 12.6 Å². The quantitative estimate of drug-likeness (QED) is 0.801. The monoisotopic (exact) mass is 295 g/mol. The fraction of sp³-hybridized carbons (Fsp3) is 0.562. The first kappa shape index (κ1) is 17.5. The minimum absolute atomic E-state index is 0.116. The lowest BCUT2D eigenvalue weighted by atomic mass is 9.87. The number of nitriles is 1. The van der Waals surface area contributed by atoms with Crippen molar-refractivity contribution in [1.29, 1.82) is 5.26 Å². The van der Waals surface area contributed by atoms with Crippen molar-refractivity contribution in [1.82, 2.24) is 10.2 Å². The van der Waals surface area contributed by atoms with Crippen molar-refractivity contribution in [3.05, 3.63) is 35.9 Å². The Bertz CT molecular complexity index is 456. The molecule has 0 heterocycles. The van der Waals surface area contributed by atoms with Gasteiger partial charge in [0.15, 0.2) is 0 Å². The first-order chi connectivity index (χ1) is 9.89. The van der Waals surface area contributed by atoms with Gasteiger partial charge in [0.2, 0.25) is 0 Å². The normalized spacial score (nSPS) is 14.4. The smallest absolute Gasteiger partial charge is 0.251 e. The zero-order valence-electron chi connectivity index (χ0n) is 12.8. The second kappa shape index (κ2) is 8.06. The van der Waals surface area contributed by atoms with E-state index in [1.807, 2.05) is 44.2 Å². The number of hydrogen-bond donors (Lipinski definition) is 1. The summed E-state index contributed by atoms with van der Waals surface area (Å²) in [6, 6.07) is 11.9. The van der Waals surface area contributed by atoms with Crippen molar-refractivity contribution in [2.75, 3.05) is 20.1 Å². The summed E-state index contributed by atoms with van der Waals surface area (Å²) in [5, 5.41) is 13.0. The number of nitrogens with one attached hydrogen (secondary N) is 1. The van der Waals surface area contributed by atoms with Crippen molar-refractivity contribution in [2.24, 2.45) is 0 Å². The second-order valence-corrected chi connectivity index (χ2v) is 5.59. The van der Waals surface area contributed by atoms with E-state index in [9.17, 15) is 14.0 Å². The molecule has 0 saturated carbocycles. The van der Waals surface area contributed by atoms with Crippen LogP contribution in [0.3, 0.4) is 0 Å². The van der Waals surface area contributed by atoms with Gasteiger partial charge in [-0.1, -0.05) is 30.3 Å². The number of alkyl halides is 2. The number of rotatable bonds is 8. The molecule has 5 heteroatoms. The molecule has 1 atom stereocenters. The molecule has 0 aliphatic heterocycles. The molecule has 1 aromatic rings. The summed E-state index contributed by atoms with van der Waals surface area (Å²) in [5.74, 6) is 0. The van der Waals surface area contributed by atoms with Crippen LogP contribution in [0.4, 0.5) is 8.78 Å². The van der Waals surface area contributed by atoms with E-state index < -0.39 is 12.0 Å². The third kappa shape index (κ3) is 5.41. The first-order valence-corrected chi connectivity index (χ1v) is 7.11. The van der Waals surface area contributed by atoms with Crippen LogP contribution in [0.25, 0.3) is 0 Å². The Morgan fingerprint density at radius 1 is 1.29 bits per heavy atom. The van der Waals surface area contributed by atoms with E-state index in [-0.39, 0.29) is 12.6 Å². The lowest BCUT2D eigenvalue weighted by Gasteiger charge is -2.32. The Kier molecular flexibility index (Phi) is 6.73. The van der Waals surface area contributed by atoms with Crippen molar-refractivity contribution in [2.45, 2.75) is 38.3 Å². The Balaban J connectivity index is 2.90. The standard InChI is InChI=1S/C16H23F2N3/c1-13(2)20-16(12-19,14-7-5-4-6-8-14)9-10-21(3)11-15(17)18/h4-8,13,15,20H,9-11H2,1-3H3. The molecule has 116 valence electrons. The molecule has 3 nitrogen and oxygen atoms in total. The zero-order valence-corrected chi connectivity index (χ0v) is 12.8. The molecule has 1 rings (SSSR count). The molecule has 0 spiro atoms. The lowest BCUT2D eigenvalue weighted by Crippen LogP contribution is -2.47. The van der Waals surface area contributed by atoms with Crippen LogP contribution in [0.1, 0.15) is 25.8 Å². The highest BCUT2D eigenvalue weighted by Gasteiger charge is 2.32. The van der Waals surface area contributed by atoms with Crippen molar-refractivity contribution in [3.8, 4) is 6.07 Å². The van der Waals surface area contributed by atoms with Crippen molar-refractivity contribution >= 4 is 0 Å². The van der Waals surface area contributed by atoms with Gasteiger partial charge in [0.25, 0.3) is 6.43 Å². The van der Waals surface area contributed by atoms with E-state index in [0.29, 0.717) is 13.0 Å². The molecular formula is C16H23F2N3. The molecule has 0 fully saturated rings. The summed E-state index contributed by atoms with van der Waals surface area (Å²) < 4.78 is 24.8. The predicted molar refractivity (Wildman–Crippen MR) is 80.1 cm³/mol. The number of benzene rings is 1. The predicted octanol–water partition coefficient (Wildman–Crippen LogP) is 2.99. The van der Waals surface area contributed by atoms with Crippen LogP contribution in [0.2, 0.25) is 0 Å². The minimum atomic E-state index is -2.36. The molecule has 0 aliphatic rings. The molecule has 0 saturated heterocycles. The maximum absolute atomic E-state index is 12.4. The van der Waals surface area contributed by atoms with E-state index in [4.69, 9.17) is 0 Å². The Morgan fingerprint density at radius 3 is 2.38 bits per heavy atom. The summed E-state index contributed by atoms with van der Waals surface area (Å²) >= 11 is 0. The fourth-order valence-electron chi connectivity index (χ4n) is 2.35. The number of nitrogens with zero attached hydrogens (tertiary/aromatic N) is 2. The highest BCUT2D eigenvalue weighted by molar-refractivity contribution is 5.31. The molecule has 0 aliphatic carbocycles. The molecule has 0 amide bonds. The van der Waals surface area contributed by atoms with E-state index in [1.54, 1.807) is 11.9 Å². The first-order valence-electron chi connectivity index (χ1n) is 7.11. The van der Waals surface area contributed by atoms with Crippen LogP contribution in [-0.2, 0) is 5.54 Å². The summed E-state index contributed by atoms with van der Waals surface area (Å²) in [4.78, 5) is 1.56. The Labute approximate surface area is 125 Å². The summed E-state index contributed by atoms with van der Waals surface area (Å²) in [5.41, 5.74) is 0.0119. The minimum Gasteiger partial charge on any atom is -0.301 e. The third-order valence-corrected chi connectivity index (χ3v) is 3.31. The third-order valence-electron chi connectivity index (χ3n) is 3.31. The van der Waals surface area contributed by atoms with Gasteiger partial charge in [-0.25, -0.2) is 8.78 Å². The molecule has 1 aromatic carbocycles. The summed E-state index contributed by atoms with van der Waals surface area (Å²) in [6.45, 7) is 4.08. The van der Waals surface area contributed by atoms with Gasteiger partial charge in [-0.2, -0.15) is 5.26 Å². The number of halogens is 2. The maximum Gasteiger partial charge on any atom is 0.251 e. The average Bonchev–Trinajstić information content (AvgIpc) is 2.43. The van der Waals surface area contributed by atoms with E-state index in [1.165, 1.54) is 0 Å². The molecule has 0 radical (unpaired) electrons. The molecule has 0 aromatic heterocycles. The van der Waals surface area contributed by atoms with Crippen LogP contribution in [-0.4, -0.2) is 37.5 Å². The fourth-order valence-corrected chi connectivity index (χ4v) is 2.35.